The number of ether oxygens (including phenoxy) is 4. The monoisotopic (exact) mass is 493 g/mol. The van der Waals surface area contributed by atoms with Gasteiger partial charge in [0.15, 0.2) is 0 Å². The molecule has 8 nitrogen and oxygen atoms in total. The Balaban J connectivity index is -0.00000225. The van der Waals surface area contributed by atoms with E-state index in [-0.39, 0.29) is 65.2 Å². The van der Waals surface area contributed by atoms with Gasteiger partial charge in [-0.05, 0) is 46.4 Å². The summed E-state index contributed by atoms with van der Waals surface area (Å²) < 4.78 is 22.3. The molecule has 1 rings (SSSR count). The molecule has 0 aromatic carbocycles. The molecule has 1 saturated heterocycles. The molecule has 1 aliphatic heterocycles. The number of hydrogen-bond acceptors (Lipinski definition) is 8. The van der Waals surface area contributed by atoms with E-state index >= 15 is 0 Å². The van der Waals surface area contributed by atoms with Gasteiger partial charge < -0.3 is 48.7 Å². The second-order valence-electron chi connectivity index (χ2n) is 6.66. The molecule has 3 atom stereocenters. The molecule has 0 aliphatic carbocycles. The van der Waals surface area contributed by atoms with Gasteiger partial charge in [0.25, 0.3) is 0 Å². The molecule has 0 spiro atoms. The zero-order chi connectivity index (χ0) is 19.4. The van der Waals surface area contributed by atoms with E-state index in [0.717, 1.165) is 58.1 Å². The summed E-state index contributed by atoms with van der Waals surface area (Å²) in [5.41, 5.74) is 0. The van der Waals surface area contributed by atoms with E-state index in [0.29, 0.717) is 0 Å². The number of nitrogens with zero attached hydrogens (tertiary/aromatic N) is 2. The van der Waals surface area contributed by atoms with Crippen LogP contribution in [0.3, 0.4) is 0 Å². The van der Waals surface area contributed by atoms with Crippen LogP contribution in [0.1, 0.15) is 25.7 Å². The minimum atomic E-state index is 0. The summed E-state index contributed by atoms with van der Waals surface area (Å²) in [5.74, 6) is 0. The van der Waals surface area contributed by atoms with Crippen molar-refractivity contribution in [2.24, 2.45) is 0 Å². The number of methoxy groups -OCH3 is 4. The van der Waals surface area contributed by atoms with Crippen LogP contribution < -0.4 is 35.4 Å². The molecule has 0 aromatic heterocycles. The van der Waals surface area contributed by atoms with E-state index in [4.69, 9.17) is 18.9 Å². The fourth-order valence-corrected chi connectivity index (χ4v) is 3.18. The molecule has 3 unspecified atom stereocenters. The number of rotatable bonds is 4. The zero-order valence-corrected chi connectivity index (χ0v) is 21.7. The first kappa shape index (κ1) is 34.6. The number of nitrogens with one attached hydrogen (secondary N) is 2. The molecule has 29 heavy (non-hydrogen) atoms. The summed E-state index contributed by atoms with van der Waals surface area (Å²) in [6, 6.07) is 0. The maximum atomic E-state index is 5.68. The SMILES string of the molecule is CO[C-]1CCNC(OC)CCNC(OC)CCN(C)C(OC)CCN1C.[Cl-].[Cl-].[Ti+3]. The van der Waals surface area contributed by atoms with Gasteiger partial charge in [-0.25, -0.2) is 0 Å². The molecule has 0 amide bonds. The van der Waals surface area contributed by atoms with Crippen LogP contribution >= 0.6 is 0 Å². The average molecular weight is 494 g/mol. The molecule has 173 valence electrons. The van der Waals surface area contributed by atoms with Crippen molar-refractivity contribution in [3.63, 3.8) is 0 Å². The summed E-state index contributed by atoms with van der Waals surface area (Å²) in [4.78, 5) is 4.40. The van der Waals surface area contributed by atoms with Crippen LogP contribution in [0.2, 0.25) is 0 Å². The minimum absolute atomic E-state index is 0. The summed E-state index contributed by atoms with van der Waals surface area (Å²) in [6.07, 6.45) is 4.54. The van der Waals surface area contributed by atoms with Crippen molar-refractivity contribution in [2.75, 3.05) is 68.7 Å². The van der Waals surface area contributed by atoms with Crippen molar-refractivity contribution in [3.05, 3.63) is 6.23 Å². The Hall–Kier alpha value is 0.974. The van der Waals surface area contributed by atoms with E-state index in [1.807, 2.05) is 0 Å². The Labute approximate surface area is 204 Å². The Morgan fingerprint density at radius 1 is 0.793 bits per heavy atom. The Bertz CT molecular complexity index is 368. The van der Waals surface area contributed by atoms with Crippen LogP contribution in [0, 0.1) is 6.23 Å². The molecular formula is C18H39Cl2N4O4Ti. The standard InChI is InChI=1S/C18H39N4O4.2ClH.Ti/c1-21-13-9-16(24-4)19-11-7-15(23-3)20-12-8-17(25-5)22(2)14-10-18(21)26-6;;;/h15-16,18-20H,7-14H2,1-6H3;2*1H;/q-1;;;+3/p-2. The van der Waals surface area contributed by atoms with Crippen molar-refractivity contribution >= 4 is 0 Å². The van der Waals surface area contributed by atoms with E-state index in [1.165, 1.54) is 0 Å². The van der Waals surface area contributed by atoms with Crippen LogP contribution in [0.25, 0.3) is 0 Å². The summed E-state index contributed by atoms with van der Waals surface area (Å²) in [6.45, 7) is 3.38. The fourth-order valence-electron chi connectivity index (χ4n) is 3.18. The van der Waals surface area contributed by atoms with Crippen LogP contribution in [0.15, 0.2) is 0 Å². The summed E-state index contributed by atoms with van der Waals surface area (Å²) in [5, 5.41) is 6.88. The minimum Gasteiger partial charge on any atom is -1.00 e. The maximum Gasteiger partial charge on any atom is 3.00 e. The topological polar surface area (TPSA) is 67.5 Å². The molecular weight excluding hydrogens is 455 g/mol. The van der Waals surface area contributed by atoms with Gasteiger partial charge in [0, 0.05) is 41.5 Å². The molecule has 1 heterocycles. The van der Waals surface area contributed by atoms with E-state index in [1.54, 1.807) is 28.4 Å². The molecule has 0 saturated carbocycles. The van der Waals surface area contributed by atoms with Crippen molar-refractivity contribution in [3.8, 4) is 0 Å². The molecule has 0 aromatic rings. The molecule has 2 N–H and O–H groups in total. The Kier molecular flexibility index (Phi) is 24.9. The first-order chi connectivity index (χ1) is 12.5. The number of halogens is 2. The molecule has 1 radical (unpaired) electrons. The Morgan fingerprint density at radius 3 is 1.93 bits per heavy atom. The van der Waals surface area contributed by atoms with Gasteiger partial charge in [-0.15, -0.1) is 12.6 Å². The van der Waals surface area contributed by atoms with Crippen LogP contribution in [-0.2, 0) is 40.7 Å². The third kappa shape index (κ3) is 13.9. The molecule has 11 heteroatoms. The Morgan fingerprint density at radius 2 is 1.38 bits per heavy atom. The fraction of sp³-hybridized carbons (Fsp3) is 0.944. The van der Waals surface area contributed by atoms with Gasteiger partial charge in [-0.2, -0.15) is 0 Å². The quantitative estimate of drug-likeness (QED) is 0.297. The van der Waals surface area contributed by atoms with Gasteiger partial charge in [0.1, 0.15) is 18.7 Å². The normalized spacial score (nSPS) is 27.3. The van der Waals surface area contributed by atoms with Crippen molar-refractivity contribution in [1.82, 2.24) is 20.4 Å². The van der Waals surface area contributed by atoms with Gasteiger partial charge in [0.05, 0.1) is 0 Å². The summed E-state index contributed by atoms with van der Waals surface area (Å²) >= 11 is 0. The first-order valence-electron chi connectivity index (χ1n) is 9.42. The summed E-state index contributed by atoms with van der Waals surface area (Å²) in [7, 11) is 11.1. The third-order valence-electron chi connectivity index (χ3n) is 4.94. The molecule has 0 bridgehead atoms. The predicted octanol–water partition coefficient (Wildman–Crippen LogP) is -5.34. The second-order valence-corrected chi connectivity index (χ2v) is 6.66. The predicted molar refractivity (Wildman–Crippen MR) is 102 cm³/mol. The van der Waals surface area contributed by atoms with Crippen LogP contribution in [0.4, 0.5) is 0 Å². The van der Waals surface area contributed by atoms with Gasteiger partial charge in [0.2, 0.25) is 0 Å². The smallest absolute Gasteiger partial charge is 1.00 e. The zero-order valence-electron chi connectivity index (χ0n) is 18.7. The largest absolute Gasteiger partial charge is 3.00 e. The van der Waals surface area contributed by atoms with E-state index < -0.39 is 0 Å². The van der Waals surface area contributed by atoms with E-state index in [9.17, 15) is 0 Å². The third-order valence-corrected chi connectivity index (χ3v) is 4.94. The average Bonchev–Trinajstić information content (AvgIpc) is 2.65. The van der Waals surface area contributed by atoms with Crippen molar-refractivity contribution in [2.45, 2.75) is 44.4 Å². The van der Waals surface area contributed by atoms with E-state index in [2.05, 4.69) is 34.5 Å². The first-order valence-corrected chi connectivity index (χ1v) is 9.42. The van der Waals surface area contributed by atoms with Gasteiger partial charge in [-0.1, -0.05) is 0 Å². The second kappa shape index (κ2) is 20.9. The number of hydrogen-bond donors (Lipinski definition) is 2. The van der Waals surface area contributed by atoms with Crippen molar-refractivity contribution < 1.29 is 65.5 Å². The molecule has 1 fully saturated rings. The van der Waals surface area contributed by atoms with Crippen LogP contribution in [0.5, 0.6) is 0 Å². The maximum absolute atomic E-state index is 5.68. The van der Waals surface area contributed by atoms with Gasteiger partial charge in [-0.3, -0.25) is 15.5 Å². The molecule has 1 aliphatic rings. The van der Waals surface area contributed by atoms with Crippen molar-refractivity contribution in [1.29, 1.82) is 0 Å². The van der Waals surface area contributed by atoms with Crippen LogP contribution in [-0.4, -0.2) is 97.2 Å². The van der Waals surface area contributed by atoms with Gasteiger partial charge >= 0.3 is 21.7 Å².